The average molecular weight is 377 g/mol. The Hall–Kier alpha value is -3.41. The number of carbonyl (C=O) groups is 2. The first kappa shape index (κ1) is 19.4. The van der Waals surface area contributed by atoms with Crippen LogP contribution in [-0.4, -0.2) is 29.9 Å². The van der Waals surface area contributed by atoms with Crippen molar-refractivity contribution in [2.45, 2.75) is 25.9 Å². The Bertz CT molecular complexity index is 982. The van der Waals surface area contributed by atoms with Gasteiger partial charge in [0.2, 0.25) is 17.7 Å². The van der Waals surface area contributed by atoms with Crippen molar-refractivity contribution in [3.05, 3.63) is 71.9 Å². The number of nitrogens with zero attached hydrogens (tertiary/aromatic N) is 1. The molecule has 1 atom stereocenters. The van der Waals surface area contributed by atoms with Gasteiger partial charge in [0.15, 0.2) is 0 Å². The molecule has 6 heteroatoms. The number of carbonyl (C=O) groups excluding carboxylic acids is 2. The van der Waals surface area contributed by atoms with Crippen LogP contribution in [0.2, 0.25) is 0 Å². The number of hydrogen-bond acceptors (Lipinski definition) is 4. The molecule has 0 saturated carbocycles. The van der Waals surface area contributed by atoms with Crippen molar-refractivity contribution < 1.29 is 14.3 Å². The van der Waals surface area contributed by atoms with E-state index in [4.69, 9.17) is 4.74 Å². The molecule has 1 heterocycles. The Labute approximate surface area is 163 Å². The highest BCUT2D eigenvalue weighted by atomic mass is 16.5. The fraction of sp³-hybridized carbons (Fsp3) is 0.227. The molecule has 1 aromatic heterocycles. The van der Waals surface area contributed by atoms with E-state index in [-0.39, 0.29) is 18.2 Å². The lowest BCUT2D eigenvalue weighted by Crippen LogP contribution is -2.45. The van der Waals surface area contributed by atoms with Crippen LogP contribution in [0.5, 0.6) is 5.88 Å². The molecule has 6 nitrogen and oxygen atoms in total. The fourth-order valence-corrected chi connectivity index (χ4v) is 2.99. The Balaban J connectivity index is 1.55. The fourth-order valence-electron chi connectivity index (χ4n) is 2.99. The molecule has 3 rings (SSSR count). The van der Waals surface area contributed by atoms with Gasteiger partial charge < -0.3 is 15.4 Å². The predicted octanol–water partition coefficient (Wildman–Crippen LogP) is 2.61. The number of rotatable bonds is 7. The van der Waals surface area contributed by atoms with Crippen molar-refractivity contribution in [3.8, 4) is 5.88 Å². The van der Waals surface area contributed by atoms with Crippen molar-refractivity contribution in [3.63, 3.8) is 0 Å². The maximum atomic E-state index is 12.4. The largest absolute Gasteiger partial charge is 0.481 e. The van der Waals surface area contributed by atoms with Crippen molar-refractivity contribution in [2.75, 3.05) is 7.11 Å². The zero-order chi connectivity index (χ0) is 19.9. The van der Waals surface area contributed by atoms with Crippen LogP contribution in [0.4, 0.5) is 0 Å². The Morgan fingerprint density at radius 1 is 1.11 bits per heavy atom. The van der Waals surface area contributed by atoms with Gasteiger partial charge in [-0.15, -0.1) is 0 Å². The van der Waals surface area contributed by atoms with Crippen LogP contribution in [-0.2, 0) is 22.6 Å². The molecule has 0 unspecified atom stereocenters. The van der Waals surface area contributed by atoms with Gasteiger partial charge in [-0.1, -0.05) is 42.5 Å². The second-order valence-electron chi connectivity index (χ2n) is 6.53. The summed E-state index contributed by atoms with van der Waals surface area (Å²) in [6.45, 7) is 2.00. The third kappa shape index (κ3) is 4.85. The molecule has 2 N–H and O–H groups in total. The molecule has 0 aliphatic rings. The van der Waals surface area contributed by atoms with E-state index in [9.17, 15) is 9.59 Å². The molecule has 0 radical (unpaired) electrons. The standard InChI is InChI=1S/C22H23N3O3/c1-15(22(27)24-14-16-10-11-23-21(12-16)28-2)25-20(26)13-18-8-5-7-17-6-3-4-9-19(17)18/h3-12,15H,13-14H2,1-2H3,(H,24,27)(H,25,26)/t15-/m1/s1. The zero-order valence-electron chi connectivity index (χ0n) is 15.9. The quantitative estimate of drug-likeness (QED) is 0.663. The summed E-state index contributed by atoms with van der Waals surface area (Å²) in [6.07, 6.45) is 1.84. The molecule has 0 aliphatic carbocycles. The highest BCUT2D eigenvalue weighted by Crippen LogP contribution is 2.18. The number of ether oxygens (including phenoxy) is 1. The summed E-state index contributed by atoms with van der Waals surface area (Å²) in [5.74, 6) is 0.0508. The molecular formula is C22H23N3O3. The molecule has 0 aliphatic heterocycles. The predicted molar refractivity (Wildman–Crippen MR) is 108 cm³/mol. The molecule has 2 aromatic carbocycles. The maximum absolute atomic E-state index is 12.4. The maximum Gasteiger partial charge on any atom is 0.242 e. The van der Waals surface area contributed by atoms with Crippen LogP contribution in [0, 0.1) is 0 Å². The average Bonchev–Trinajstić information content (AvgIpc) is 2.72. The topological polar surface area (TPSA) is 80.3 Å². The van der Waals surface area contributed by atoms with E-state index in [1.807, 2.05) is 42.5 Å². The van der Waals surface area contributed by atoms with E-state index in [1.165, 1.54) is 7.11 Å². The lowest BCUT2D eigenvalue weighted by molar-refractivity contribution is -0.128. The summed E-state index contributed by atoms with van der Waals surface area (Å²) in [4.78, 5) is 28.7. The van der Waals surface area contributed by atoms with Gasteiger partial charge in [0, 0.05) is 18.8 Å². The third-order valence-electron chi connectivity index (χ3n) is 4.48. The number of benzene rings is 2. The summed E-state index contributed by atoms with van der Waals surface area (Å²) in [7, 11) is 1.54. The van der Waals surface area contributed by atoms with E-state index in [1.54, 1.807) is 25.3 Å². The Morgan fingerprint density at radius 3 is 2.71 bits per heavy atom. The summed E-state index contributed by atoms with van der Waals surface area (Å²) in [5.41, 5.74) is 1.81. The SMILES string of the molecule is COc1cc(CNC(=O)[C@@H](C)NC(=O)Cc2cccc3ccccc23)ccn1. The number of aromatic nitrogens is 1. The number of methoxy groups -OCH3 is 1. The van der Waals surface area contributed by atoms with Crippen LogP contribution in [0.1, 0.15) is 18.1 Å². The Kier molecular flexibility index (Phi) is 6.22. The van der Waals surface area contributed by atoms with E-state index in [0.717, 1.165) is 21.9 Å². The summed E-state index contributed by atoms with van der Waals surface area (Å²) in [5, 5.41) is 7.71. The minimum atomic E-state index is -0.633. The first-order valence-corrected chi connectivity index (χ1v) is 9.09. The van der Waals surface area contributed by atoms with Crippen molar-refractivity contribution in [2.24, 2.45) is 0 Å². The molecule has 3 aromatic rings. The normalized spacial score (nSPS) is 11.6. The highest BCUT2D eigenvalue weighted by molar-refractivity contribution is 5.92. The van der Waals surface area contributed by atoms with E-state index in [2.05, 4.69) is 15.6 Å². The Morgan fingerprint density at radius 2 is 1.89 bits per heavy atom. The summed E-state index contributed by atoms with van der Waals surface area (Å²) >= 11 is 0. The number of hydrogen-bond donors (Lipinski definition) is 2. The van der Waals surface area contributed by atoms with Gasteiger partial charge >= 0.3 is 0 Å². The monoisotopic (exact) mass is 377 g/mol. The lowest BCUT2D eigenvalue weighted by Gasteiger charge is -2.15. The summed E-state index contributed by atoms with van der Waals surface area (Å²) in [6, 6.07) is 16.7. The van der Waals surface area contributed by atoms with Gasteiger partial charge in [-0.3, -0.25) is 9.59 Å². The smallest absolute Gasteiger partial charge is 0.242 e. The number of nitrogens with one attached hydrogen (secondary N) is 2. The van der Waals surface area contributed by atoms with Crippen LogP contribution >= 0.6 is 0 Å². The van der Waals surface area contributed by atoms with Crippen molar-refractivity contribution >= 4 is 22.6 Å². The number of fused-ring (bicyclic) bond motifs is 1. The molecule has 2 amide bonds. The van der Waals surface area contributed by atoms with Crippen LogP contribution in [0.15, 0.2) is 60.8 Å². The molecule has 0 bridgehead atoms. The van der Waals surface area contributed by atoms with Gasteiger partial charge in [-0.2, -0.15) is 0 Å². The first-order valence-electron chi connectivity index (χ1n) is 9.09. The minimum Gasteiger partial charge on any atom is -0.481 e. The van der Waals surface area contributed by atoms with Gasteiger partial charge in [0.05, 0.1) is 13.5 Å². The lowest BCUT2D eigenvalue weighted by atomic mass is 10.0. The van der Waals surface area contributed by atoms with Crippen LogP contribution < -0.4 is 15.4 Å². The first-order chi connectivity index (χ1) is 13.6. The van der Waals surface area contributed by atoms with E-state index < -0.39 is 6.04 Å². The molecule has 144 valence electrons. The number of pyridine rings is 1. The van der Waals surface area contributed by atoms with Crippen molar-refractivity contribution in [1.82, 2.24) is 15.6 Å². The second kappa shape index (κ2) is 8.99. The third-order valence-corrected chi connectivity index (χ3v) is 4.48. The molecule has 0 spiro atoms. The second-order valence-corrected chi connectivity index (χ2v) is 6.53. The molecule has 0 saturated heterocycles. The van der Waals surface area contributed by atoms with E-state index >= 15 is 0 Å². The van der Waals surface area contributed by atoms with Gasteiger partial charge in [-0.05, 0) is 34.9 Å². The summed E-state index contributed by atoms with van der Waals surface area (Å²) < 4.78 is 5.07. The highest BCUT2D eigenvalue weighted by Gasteiger charge is 2.16. The van der Waals surface area contributed by atoms with Crippen molar-refractivity contribution in [1.29, 1.82) is 0 Å². The minimum absolute atomic E-state index is 0.190. The molecule has 28 heavy (non-hydrogen) atoms. The zero-order valence-corrected chi connectivity index (χ0v) is 15.9. The molecular weight excluding hydrogens is 354 g/mol. The van der Waals surface area contributed by atoms with E-state index in [0.29, 0.717) is 12.4 Å². The van der Waals surface area contributed by atoms with Crippen LogP contribution in [0.3, 0.4) is 0 Å². The van der Waals surface area contributed by atoms with Gasteiger partial charge in [0.25, 0.3) is 0 Å². The molecule has 0 fully saturated rings. The van der Waals surface area contributed by atoms with Crippen LogP contribution in [0.25, 0.3) is 10.8 Å². The van der Waals surface area contributed by atoms with Gasteiger partial charge in [0.1, 0.15) is 6.04 Å². The number of amides is 2. The van der Waals surface area contributed by atoms with Gasteiger partial charge in [-0.25, -0.2) is 4.98 Å².